The largest absolute Gasteiger partial charge is 0.441 e. The van der Waals surface area contributed by atoms with Crippen molar-refractivity contribution in [1.82, 2.24) is 9.88 Å². The summed E-state index contributed by atoms with van der Waals surface area (Å²) < 4.78 is 5.63. The second-order valence-corrected chi connectivity index (χ2v) is 5.77. The number of hydrogen-bond acceptors (Lipinski definition) is 4. The van der Waals surface area contributed by atoms with E-state index >= 15 is 0 Å². The van der Waals surface area contributed by atoms with Gasteiger partial charge in [0.1, 0.15) is 5.52 Å². The summed E-state index contributed by atoms with van der Waals surface area (Å²) in [6.45, 7) is 5.55. The van der Waals surface area contributed by atoms with E-state index in [1.807, 2.05) is 6.07 Å². The van der Waals surface area contributed by atoms with Crippen molar-refractivity contribution in [3.8, 4) is 0 Å². The molecule has 1 aromatic heterocycles. The summed E-state index contributed by atoms with van der Waals surface area (Å²) in [6.07, 6.45) is 3.42. The van der Waals surface area contributed by atoms with Gasteiger partial charge in [0.2, 0.25) is 0 Å². The van der Waals surface area contributed by atoms with Crippen molar-refractivity contribution in [2.45, 2.75) is 26.2 Å². The lowest BCUT2D eigenvalue weighted by atomic mass is 9.97. The number of nitrogens with one attached hydrogen (secondary N) is 1. The molecule has 3 rings (SSSR count). The Kier molecular flexibility index (Phi) is 3.92. The predicted octanol–water partition coefficient (Wildman–Crippen LogP) is 3.14. The van der Waals surface area contributed by atoms with Crippen LogP contribution in [0.2, 0.25) is 0 Å². The molecule has 0 spiro atoms. The Labute approximate surface area is 120 Å². The molecule has 108 valence electrons. The van der Waals surface area contributed by atoms with Gasteiger partial charge in [-0.3, -0.25) is 0 Å². The number of nitrogens with zero attached hydrogens (tertiary/aromatic N) is 2. The highest BCUT2D eigenvalue weighted by Crippen LogP contribution is 2.22. The fraction of sp³-hybridized carbons (Fsp3) is 0.562. The maximum Gasteiger partial charge on any atom is 0.195 e. The van der Waals surface area contributed by atoms with Gasteiger partial charge in [-0.1, -0.05) is 6.92 Å². The Morgan fingerprint density at radius 1 is 1.35 bits per heavy atom. The minimum absolute atomic E-state index is 0.783. The smallest absolute Gasteiger partial charge is 0.195 e. The van der Waals surface area contributed by atoms with Gasteiger partial charge in [-0.05, 0) is 57.1 Å². The Morgan fingerprint density at radius 3 is 2.90 bits per heavy atom. The first kappa shape index (κ1) is 13.4. The zero-order valence-electron chi connectivity index (χ0n) is 12.4. The molecule has 2 aromatic rings. The highest BCUT2D eigenvalue weighted by Gasteiger charge is 2.16. The van der Waals surface area contributed by atoms with E-state index in [9.17, 15) is 0 Å². The molecule has 20 heavy (non-hydrogen) atoms. The lowest BCUT2D eigenvalue weighted by Crippen LogP contribution is -2.32. The topological polar surface area (TPSA) is 41.3 Å². The van der Waals surface area contributed by atoms with Crippen LogP contribution in [0.25, 0.3) is 11.1 Å². The van der Waals surface area contributed by atoms with Crippen molar-refractivity contribution < 1.29 is 4.42 Å². The maximum absolute atomic E-state index is 5.63. The number of benzene rings is 1. The van der Waals surface area contributed by atoms with Crippen molar-refractivity contribution in [1.29, 1.82) is 0 Å². The normalized spacial score (nSPS) is 17.7. The first-order valence-electron chi connectivity index (χ1n) is 7.56. The molecule has 0 amide bonds. The van der Waals surface area contributed by atoms with Crippen LogP contribution in [0.4, 0.5) is 5.69 Å². The average Bonchev–Trinajstić information content (AvgIpc) is 2.89. The van der Waals surface area contributed by atoms with Crippen LogP contribution in [0.3, 0.4) is 0 Å². The van der Waals surface area contributed by atoms with Crippen LogP contribution in [0, 0.1) is 5.92 Å². The third kappa shape index (κ3) is 2.96. The van der Waals surface area contributed by atoms with Crippen molar-refractivity contribution >= 4 is 16.8 Å². The second kappa shape index (κ2) is 5.83. The molecule has 0 radical (unpaired) electrons. The fourth-order valence-corrected chi connectivity index (χ4v) is 2.76. The SMILES string of the molecule is CCc1nc2cc(NCC3CCN(C)CC3)ccc2o1. The van der Waals surface area contributed by atoms with Gasteiger partial charge in [0.15, 0.2) is 11.5 Å². The lowest BCUT2D eigenvalue weighted by molar-refractivity contribution is 0.226. The molecule has 0 bridgehead atoms. The van der Waals surface area contributed by atoms with E-state index in [2.05, 4.69) is 41.3 Å². The van der Waals surface area contributed by atoms with Crippen molar-refractivity contribution in [3.05, 3.63) is 24.1 Å². The summed E-state index contributed by atoms with van der Waals surface area (Å²) in [5.74, 6) is 1.60. The highest BCUT2D eigenvalue weighted by molar-refractivity contribution is 5.77. The Hall–Kier alpha value is -1.55. The second-order valence-electron chi connectivity index (χ2n) is 5.77. The molecule has 4 heteroatoms. The third-order valence-electron chi connectivity index (χ3n) is 4.17. The molecular formula is C16H23N3O. The van der Waals surface area contributed by atoms with Crippen LogP contribution in [-0.2, 0) is 6.42 Å². The minimum atomic E-state index is 0.783. The quantitative estimate of drug-likeness (QED) is 0.929. The summed E-state index contributed by atoms with van der Waals surface area (Å²) in [4.78, 5) is 6.89. The number of aromatic nitrogens is 1. The van der Waals surface area contributed by atoms with Crippen molar-refractivity contribution in [3.63, 3.8) is 0 Å². The average molecular weight is 273 g/mol. The zero-order valence-corrected chi connectivity index (χ0v) is 12.4. The number of oxazole rings is 1. The van der Waals surface area contributed by atoms with Gasteiger partial charge in [0.25, 0.3) is 0 Å². The van der Waals surface area contributed by atoms with E-state index in [-0.39, 0.29) is 0 Å². The van der Waals surface area contributed by atoms with Gasteiger partial charge >= 0.3 is 0 Å². The molecule has 1 fully saturated rings. The molecule has 1 aromatic carbocycles. The Bertz CT molecular complexity index is 570. The summed E-state index contributed by atoms with van der Waals surface area (Å²) >= 11 is 0. The number of fused-ring (bicyclic) bond motifs is 1. The first-order valence-corrected chi connectivity index (χ1v) is 7.56. The van der Waals surface area contributed by atoms with Gasteiger partial charge < -0.3 is 14.6 Å². The molecule has 1 aliphatic heterocycles. The molecule has 0 atom stereocenters. The summed E-state index contributed by atoms with van der Waals surface area (Å²) in [6, 6.07) is 6.19. The van der Waals surface area contributed by atoms with E-state index in [1.165, 1.54) is 25.9 Å². The number of aryl methyl sites for hydroxylation is 1. The van der Waals surface area contributed by atoms with E-state index < -0.39 is 0 Å². The molecule has 4 nitrogen and oxygen atoms in total. The van der Waals surface area contributed by atoms with Crippen LogP contribution >= 0.6 is 0 Å². The fourth-order valence-electron chi connectivity index (χ4n) is 2.76. The predicted molar refractivity (Wildman–Crippen MR) is 82.1 cm³/mol. The van der Waals surface area contributed by atoms with Crippen molar-refractivity contribution in [2.24, 2.45) is 5.92 Å². The van der Waals surface area contributed by atoms with Crippen LogP contribution in [0.5, 0.6) is 0 Å². The van der Waals surface area contributed by atoms with Crippen LogP contribution in [0.1, 0.15) is 25.7 Å². The minimum Gasteiger partial charge on any atom is -0.441 e. The molecule has 0 aliphatic carbocycles. The van der Waals surface area contributed by atoms with Gasteiger partial charge in [-0.25, -0.2) is 4.98 Å². The standard InChI is InChI=1S/C16H23N3O/c1-3-16-18-14-10-13(4-5-15(14)20-16)17-11-12-6-8-19(2)9-7-12/h4-5,10,12,17H,3,6-9,11H2,1-2H3. The van der Waals surface area contributed by atoms with Gasteiger partial charge in [0.05, 0.1) is 0 Å². The van der Waals surface area contributed by atoms with E-state index in [0.29, 0.717) is 0 Å². The molecule has 1 saturated heterocycles. The van der Waals surface area contributed by atoms with Gasteiger partial charge in [-0.2, -0.15) is 0 Å². The molecule has 0 unspecified atom stereocenters. The third-order valence-corrected chi connectivity index (χ3v) is 4.17. The lowest BCUT2D eigenvalue weighted by Gasteiger charge is -2.29. The summed E-state index contributed by atoms with van der Waals surface area (Å²) in [5, 5.41) is 3.55. The number of likely N-dealkylation sites (tertiary alicyclic amines) is 1. The number of anilines is 1. The highest BCUT2D eigenvalue weighted by atomic mass is 16.3. The van der Waals surface area contributed by atoms with E-state index in [4.69, 9.17) is 4.42 Å². The van der Waals surface area contributed by atoms with Crippen LogP contribution in [-0.4, -0.2) is 36.6 Å². The first-order chi connectivity index (χ1) is 9.74. The van der Waals surface area contributed by atoms with Crippen LogP contribution < -0.4 is 5.32 Å². The van der Waals surface area contributed by atoms with Gasteiger partial charge in [0, 0.05) is 18.7 Å². The maximum atomic E-state index is 5.63. The molecule has 1 N–H and O–H groups in total. The zero-order chi connectivity index (χ0) is 13.9. The van der Waals surface area contributed by atoms with E-state index in [0.717, 1.165) is 41.6 Å². The number of piperidine rings is 1. The van der Waals surface area contributed by atoms with Crippen LogP contribution in [0.15, 0.2) is 22.6 Å². The van der Waals surface area contributed by atoms with Crippen molar-refractivity contribution in [2.75, 3.05) is 32.0 Å². The van der Waals surface area contributed by atoms with Gasteiger partial charge in [-0.15, -0.1) is 0 Å². The molecule has 1 aliphatic rings. The Morgan fingerprint density at radius 2 is 2.15 bits per heavy atom. The molecule has 2 heterocycles. The number of rotatable bonds is 4. The monoisotopic (exact) mass is 273 g/mol. The molecular weight excluding hydrogens is 250 g/mol. The summed E-state index contributed by atoms with van der Waals surface area (Å²) in [5.41, 5.74) is 2.98. The number of hydrogen-bond donors (Lipinski definition) is 1. The Balaban J connectivity index is 1.62. The van der Waals surface area contributed by atoms with E-state index in [1.54, 1.807) is 0 Å². The molecule has 0 saturated carbocycles. The summed E-state index contributed by atoms with van der Waals surface area (Å²) in [7, 11) is 2.20.